The monoisotopic (exact) mass is 312 g/mol. The first-order valence-corrected chi connectivity index (χ1v) is 8.60. The SMILES string of the molecule is CCCCN(CC)C(=O)c1ccc(S(=O)(=O)N(C)C)cc1. The Morgan fingerprint density at radius 3 is 2.10 bits per heavy atom. The van der Waals surface area contributed by atoms with E-state index < -0.39 is 10.0 Å². The van der Waals surface area contributed by atoms with E-state index in [1.807, 2.05) is 6.92 Å². The average Bonchev–Trinajstić information content (AvgIpc) is 2.47. The number of amides is 1. The average molecular weight is 312 g/mol. The highest BCUT2D eigenvalue weighted by Gasteiger charge is 2.19. The highest BCUT2D eigenvalue weighted by atomic mass is 32.2. The van der Waals surface area contributed by atoms with E-state index in [0.29, 0.717) is 12.1 Å². The van der Waals surface area contributed by atoms with Crippen LogP contribution in [0.4, 0.5) is 0 Å². The Balaban J connectivity index is 2.94. The van der Waals surface area contributed by atoms with Crippen LogP contribution >= 0.6 is 0 Å². The molecule has 1 aromatic carbocycles. The molecule has 0 fully saturated rings. The van der Waals surface area contributed by atoms with Gasteiger partial charge in [0, 0.05) is 32.7 Å². The summed E-state index contributed by atoms with van der Waals surface area (Å²) < 4.78 is 25.1. The topological polar surface area (TPSA) is 57.7 Å². The third-order valence-electron chi connectivity index (χ3n) is 3.33. The van der Waals surface area contributed by atoms with Crippen molar-refractivity contribution in [2.75, 3.05) is 27.2 Å². The van der Waals surface area contributed by atoms with Crippen LogP contribution in [0.15, 0.2) is 29.2 Å². The fourth-order valence-electron chi connectivity index (χ4n) is 1.92. The molecule has 0 aliphatic rings. The summed E-state index contributed by atoms with van der Waals surface area (Å²) in [6.45, 7) is 5.40. The van der Waals surface area contributed by atoms with Crippen LogP contribution in [-0.2, 0) is 10.0 Å². The largest absolute Gasteiger partial charge is 0.339 e. The second-order valence-electron chi connectivity index (χ2n) is 5.05. The van der Waals surface area contributed by atoms with Gasteiger partial charge in [0.05, 0.1) is 4.90 Å². The molecule has 0 aliphatic heterocycles. The molecule has 0 bridgehead atoms. The lowest BCUT2D eigenvalue weighted by Crippen LogP contribution is -2.31. The van der Waals surface area contributed by atoms with Gasteiger partial charge in [0.2, 0.25) is 10.0 Å². The van der Waals surface area contributed by atoms with Gasteiger partial charge in [0.1, 0.15) is 0 Å². The normalized spacial score (nSPS) is 11.7. The summed E-state index contributed by atoms with van der Waals surface area (Å²) in [5.74, 6) is -0.0558. The third-order valence-corrected chi connectivity index (χ3v) is 5.16. The maximum absolute atomic E-state index is 12.3. The Kier molecular flexibility index (Phi) is 6.36. The number of carbonyl (C=O) groups is 1. The number of unbranched alkanes of at least 4 members (excludes halogenated alkanes) is 1. The molecule has 1 amide bonds. The van der Waals surface area contributed by atoms with Gasteiger partial charge in [-0.3, -0.25) is 4.79 Å². The first-order chi connectivity index (χ1) is 9.84. The Morgan fingerprint density at radius 1 is 1.10 bits per heavy atom. The van der Waals surface area contributed by atoms with E-state index in [9.17, 15) is 13.2 Å². The Hall–Kier alpha value is -1.40. The van der Waals surface area contributed by atoms with E-state index >= 15 is 0 Å². The molecule has 0 atom stereocenters. The molecule has 0 aromatic heterocycles. The smallest absolute Gasteiger partial charge is 0.253 e. The van der Waals surface area contributed by atoms with E-state index in [1.165, 1.54) is 26.2 Å². The molecule has 0 radical (unpaired) electrons. The lowest BCUT2D eigenvalue weighted by molar-refractivity contribution is 0.0762. The predicted molar refractivity (Wildman–Crippen MR) is 83.8 cm³/mol. The van der Waals surface area contributed by atoms with Crippen molar-refractivity contribution >= 4 is 15.9 Å². The number of benzene rings is 1. The van der Waals surface area contributed by atoms with E-state index in [-0.39, 0.29) is 10.8 Å². The van der Waals surface area contributed by atoms with Gasteiger partial charge in [-0.15, -0.1) is 0 Å². The van der Waals surface area contributed by atoms with Crippen molar-refractivity contribution in [2.45, 2.75) is 31.6 Å². The lowest BCUT2D eigenvalue weighted by atomic mass is 10.2. The zero-order valence-corrected chi connectivity index (χ0v) is 14.0. The number of rotatable bonds is 7. The first kappa shape index (κ1) is 17.7. The molecule has 1 aromatic rings. The molecule has 5 nitrogen and oxygen atoms in total. The molecule has 0 saturated heterocycles. The van der Waals surface area contributed by atoms with Gasteiger partial charge in [0.25, 0.3) is 5.91 Å². The van der Waals surface area contributed by atoms with Crippen LogP contribution in [0.2, 0.25) is 0 Å². The molecule has 0 spiro atoms. The van der Waals surface area contributed by atoms with Gasteiger partial charge in [0.15, 0.2) is 0 Å². The summed E-state index contributed by atoms with van der Waals surface area (Å²) in [6.07, 6.45) is 2.00. The summed E-state index contributed by atoms with van der Waals surface area (Å²) in [5.41, 5.74) is 0.519. The van der Waals surface area contributed by atoms with Crippen molar-refractivity contribution in [1.29, 1.82) is 0 Å². The Bertz CT molecular complexity index is 565. The van der Waals surface area contributed by atoms with Crippen molar-refractivity contribution in [1.82, 2.24) is 9.21 Å². The van der Waals surface area contributed by atoms with Gasteiger partial charge in [-0.05, 0) is 37.6 Å². The van der Waals surface area contributed by atoms with Crippen LogP contribution in [0, 0.1) is 0 Å². The molecule has 0 heterocycles. The van der Waals surface area contributed by atoms with E-state index in [4.69, 9.17) is 0 Å². The summed E-state index contributed by atoms with van der Waals surface area (Å²) in [7, 11) is -0.483. The van der Waals surface area contributed by atoms with Crippen molar-refractivity contribution in [3.63, 3.8) is 0 Å². The molecule has 118 valence electrons. The summed E-state index contributed by atoms with van der Waals surface area (Å²) in [6, 6.07) is 6.12. The zero-order valence-electron chi connectivity index (χ0n) is 13.2. The first-order valence-electron chi connectivity index (χ1n) is 7.16. The van der Waals surface area contributed by atoms with Gasteiger partial charge in [-0.25, -0.2) is 12.7 Å². The molecular formula is C15H24N2O3S. The highest BCUT2D eigenvalue weighted by Crippen LogP contribution is 2.15. The maximum atomic E-state index is 12.3. The number of nitrogens with zero attached hydrogens (tertiary/aromatic N) is 2. The minimum absolute atomic E-state index is 0.0558. The van der Waals surface area contributed by atoms with Crippen molar-refractivity contribution in [3.05, 3.63) is 29.8 Å². The fraction of sp³-hybridized carbons (Fsp3) is 0.533. The van der Waals surface area contributed by atoms with Crippen molar-refractivity contribution in [2.24, 2.45) is 0 Å². The van der Waals surface area contributed by atoms with Crippen LogP contribution in [0.25, 0.3) is 0 Å². The van der Waals surface area contributed by atoms with Gasteiger partial charge >= 0.3 is 0 Å². The molecular weight excluding hydrogens is 288 g/mol. The predicted octanol–water partition coefficient (Wildman–Crippen LogP) is 2.20. The Labute approximate surface area is 127 Å². The molecule has 6 heteroatoms. The Morgan fingerprint density at radius 2 is 1.67 bits per heavy atom. The summed E-state index contributed by atoms with van der Waals surface area (Å²) in [4.78, 5) is 14.3. The van der Waals surface area contributed by atoms with Crippen LogP contribution in [-0.4, -0.2) is 50.7 Å². The van der Waals surface area contributed by atoms with Crippen molar-refractivity contribution < 1.29 is 13.2 Å². The third kappa shape index (κ3) is 4.28. The van der Waals surface area contributed by atoms with Crippen LogP contribution in [0.3, 0.4) is 0 Å². The number of hydrogen-bond acceptors (Lipinski definition) is 3. The second-order valence-corrected chi connectivity index (χ2v) is 7.20. The van der Waals surface area contributed by atoms with E-state index in [1.54, 1.807) is 17.0 Å². The zero-order chi connectivity index (χ0) is 16.0. The van der Waals surface area contributed by atoms with Gasteiger partial charge < -0.3 is 4.90 Å². The second kappa shape index (κ2) is 7.56. The van der Waals surface area contributed by atoms with Crippen LogP contribution in [0.5, 0.6) is 0 Å². The number of hydrogen-bond donors (Lipinski definition) is 0. The highest BCUT2D eigenvalue weighted by molar-refractivity contribution is 7.89. The van der Waals surface area contributed by atoms with Gasteiger partial charge in [-0.2, -0.15) is 0 Å². The molecule has 0 unspecified atom stereocenters. The lowest BCUT2D eigenvalue weighted by Gasteiger charge is -2.21. The quantitative estimate of drug-likeness (QED) is 0.775. The standard InChI is InChI=1S/C15H24N2O3S/c1-5-7-12-17(6-2)15(18)13-8-10-14(11-9-13)21(19,20)16(3)4/h8-11H,5-7,12H2,1-4H3. The minimum atomic E-state index is -3.45. The van der Waals surface area contributed by atoms with Crippen LogP contribution in [0.1, 0.15) is 37.0 Å². The van der Waals surface area contributed by atoms with Crippen LogP contribution < -0.4 is 0 Å². The molecule has 21 heavy (non-hydrogen) atoms. The minimum Gasteiger partial charge on any atom is -0.339 e. The maximum Gasteiger partial charge on any atom is 0.253 e. The van der Waals surface area contributed by atoms with Crippen molar-refractivity contribution in [3.8, 4) is 0 Å². The number of carbonyl (C=O) groups excluding carboxylic acids is 1. The van der Waals surface area contributed by atoms with E-state index in [0.717, 1.165) is 23.7 Å². The number of sulfonamides is 1. The molecule has 0 N–H and O–H groups in total. The molecule has 1 rings (SSSR count). The van der Waals surface area contributed by atoms with E-state index in [2.05, 4.69) is 6.92 Å². The van der Waals surface area contributed by atoms with Gasteiger partial charge in [-0.1, -0.05) is 13.3 Å². The summed E-state index contributed by atoms with van der Waals surface area (Å²) in [5, 5.41) is 0. The molecule has 0 aliphatic carbocycles. The molecule has 0 saturated carbocycles. The fourth-order valence-corrected chi connectivity index (χ4v) is 2.82. The summed E-state index contributed by atoms with van der Waals surface area (Å²) >= 11 is 0.